The maximum Gasteiger partial charge on any atom is 0.274 e. The molecule has 2 aromatic rings. The minimum atomic E-state index is -0.364. The second-order valence-corrected chi connectivity index (χ2v) is 3.59. The van der Waals surface area contributed by atoms with Crippen LogP contribution in [0, 0.1) is 11.3 Å². The van der Waals surface area contributed by atoms with Crippen molar-refractivity contribution < 1.29 is 4.79 Å². The summed E-state index contributed by atoms with van der Waals surface area (Å²) in [6.07, 6.45) is 1.53. The van der Waals surface area contributed by atoms with Crippen molar-refractivity contribution in [2.75, 3.05) is 11.1 Å². The zero-order chi connectivity index (χ0) is 13.0. The molecule has 5 heteroatoms. The van der Waals surface area contributed by atoms with Gasteiger partial charge < -0.3 is 11.1 Å². The Kier molecular flexibility index (Phi) is 3.21. The molecule has 0 spiro atoms. The van der Waals surface area contributed by atoms with Gasteiger partial charge in [-0.25, -0.2) is 0 Å². The fraction of sp³-hybridized carbons (Fsp3) is 0. The van der Waals surface area contributed by atoms with Gasteiger partial charge in [-0.1, -0.05) is 6.07 Å². The summed E-state index contributed by atoms with van der Waals surface area (Å²) in [4.78, 5) is 15.8. The molecule has 0 aliphatic rings. The van der Waals surface area contributed by atoms with Crippen LogP contribution in [0.5, 0.6) is 0 Å². The molecule has 18 heavy (non-hydrogen) atoms. The van der Waals surface area contributed by atoms with Crippen molar-refractivity contribution in [1.82, 2.24) is 4.98 Å². The lowest BCUT2D eigenvalue weighted by Crippen LogP contribution is -2.14. The zero-order valence-corrected chi connectivity index (χ0v) is 9.42. The van der Waals surface area contributed by atoms with Gasteiger partial charge in [0.15, 0.2) is 0 Å². The number of nitriles is 1. The number of pyridine rings is 1. The molecule has 2 rings (SSSR count). The number of rotatable bonds is 2. The van der Waals surface area contributed by atoms with E-state index in [4.69, 9.17) is 11.0 Å². The van der Waals surface area contributed by atoms with E-state index < -0.39 is 0 Å². The summed E-state index contributed by atoms with van der Waals surface area (Å²) < 4.78 is 0. The average Bonchev–Trinajstić information content (AvgIpc) is 2.41. The zero-order valence-electron chi connectivity index (χ0n) is 9.42. The van der Waals surface area contributed by atoms with Crippen molar-refractivity contribution in [2.24, 2.45) is 0 Å². The number of nitrogens with one attached hydrogen (secondary N) is 1. The predicted octanol–water partition coefficient (Wildman–Crippen LogP) is 1.79. The summed E-state index contributed by atoms with van der Waals surface area (Å²) in [5.74, 6) is -0.364. The maximum atomic E-state index is 11.9. The van der Waals surface area contributed by atoms with Gasteiger partial charge in [-0.2, -0.15) is 5.26 Å². The van der Waals surface area contributed by atoms with Crippen LogP contribution in [0.25, 0.3) is 0 Å². The van der Waals surface area contributed by atoms with Gasteiger partial charge >= 0.3 is 0 Å². The highest BCUT2D eigenvalue weighted by Gasteiger charge is 2.09. The number of nitrogens with zero attached hydrogens (tertiary/aromatic N) is 2. The second kappa shape index (κ2) is 4.97. The summed E-state index contributed by atoms with van der Waals surface area (Å²) in [7, 11) is 0. The highest BCUT2D eigenvalue weighted by Crippen LogP contribution is 2.18. The van der Waals surface area contributed by atoms with Crippen molar-refractivity contribution in [3.63, 3.8) is 0 Å². The van der Waals surface area contributed by atoms with Gasteiger partial charge in [0.05, 0.1) is 11.3 Å². The smallest absolute Gasteiger partial charge is 0.274 e. The molecule has 3 N–H and O–H groups in total. The molecule has 1 aromatic heterocycles. The van der Waals surface area contributed by atoms with Gasteiger partial charge in [0.2, 0.25) is 0 Å². The number of amides is 1. The Hall–Kier alpha value is -2.87. The number of nitrogens with two attached hydrogens (primary N) is 1. The molecule has 0 radical (unpaired) electrons. The van der Waals surface area contributed by atoms with Crippen molar-refractivity contribution in [3.05, 3.63) is 53.9 Å². The molecule has 0 saturated heterocycles. The highest BCUT2D eigenvalue weighted by atomic mass is 16.1. The van der Waals surface area contributed by atoms with Crippen LogP contribution in [0.2, 0.25) is 0 Å². The first-order valence-corrected chi connectivity index (χ1v) is 5.22. The summed E-state index contributed by atoms with van der Waals surface area (Å²) >= 11 is 0. The lowest BCUT2D eigenvalue weighted by molar-refractivity contribution is 0.102. The van der Waals surface area contributed by atoms with Gasteiger partial charge in [0.25, 0.3) is 5.91 Å². The van der Waals surface area contributed by atoms with Crippen molar-refractivity contribution in [1.29, 1.82) is 5.26 Å². The van der Waals surface area contributed by atoms with E-state index in [2.05, 4.69) is 10.3 Å². The third-order valence-electron chi connectivity index (χ3n) is 2.31. The van der Waals surface area contributed by atoms with Crippen molar-refractivity contribution >= 4 is 17.3 Å². The van der Waals surface area contributed by atoms with E-state index in [0.29, 0.717) is 22.6 Å². The first-order chi connectivity index (χ1) is 8.70. The first-order valence-electron chi connectivity index (χ1n) is 5.22. The summed E-state index contributed by atoms with van der Waals surface area (Å²) in [6, 6.07) is 11.7. The minimum Gasteiger partial charge on any atom is -0.399 e. The number of hydrogen-bond donors (Lipinski definition) is 2. The monoisotopic (exact) mass is 238 g/mol. The molecule has 1 amide bonds. The topological polar surface area (TPSA) is 91.8 Å². The molecule has 0 bridgehead atoms. The molecule has 1 heterocycles. The van der Waals surface area contributed by atoms with Crippen LogP contribution in [0.3, 0.4) is 0 Å². The van der Waals surface area contributed by atoms with Gasteiger partial charge in [-0.05, 0) is 30.3 Å². The molecule has 0 fully saturated rings. The van der Waals surface area contributed by atoms with Gasteiger partial charge in [0, 0.05) is 11.9 Å². The largest absolute Gasteiger partial charge is 0.399 e. The van der Waals surface area contributed by atoms with Gasteiger partial charge in [-0.3, -0.25) is 9.78 Å². The standard InChI is InChI=1S/C13H10N4O/c14-8-9-7-10(15)4-5-11(9)17-13(18)12-3-1-2-6-16-12/h1-7H,15H2,(H,17,18). The number of anilines is 2. The third-order valence-corrected chi connectivity index (χ3v) is 2.31. The average molecular weight is 238 g/mol. The van der Waals surface area contributed by atoms with E-state index in [0.717, 1.165) is 0 Å². The van der Waals surface area contributed by atoms with Crippen LogP contribution in [-0.4, -0.2) is 10.9 Å². The van der Waals surface area contributed by atoms with E-state index in [1.54, 1.807) is 30.3 Å². The molecule has 0 aliphatic heterocycles. The highest BCUT2D eigenvalue weighted by molar-refractivity contribution is 6.03. The fourth-order valence-electron chi connectivity index (χ4n) is 1.45. The van der Waals surface area contributed by atoms with Crippen LogP contribution in [0.1, 0.15) is 16.1 Å². The summed E-state index contributed by atoms with van der Waals surface area (Å²) in [5.41, 5.74) is 7.07. The van der Waals surface area contributed by atoms with Crippen LogP contribution in [0.15, 0.2) is 42.6 Å². The van der Waals surface area contributed by atoms with E-state index in [9.17, 15) is 4.79 Å². The lowest BCUT2D eigenvalue weighted by Gasteiger charge is -2.06. The molecular weight excluding hydrogens is 228 g/mol. The fourth-order valence-corrected chi connectivity index (χ4v) is 1.45. The Morgan fingerprint density at radius 2 is 2.17 bits per heavy atom. The van der Waals surface area contributed by atoms with Gasteiger partial charge in [-0.15, -0.1) is 0 Å². The number of hydrogen-bond acceptors (Lipinski definition) is 4. The number of nitrogen functional groups attached to an aromatic ring is 1. The predicted molar refractivity (Wildman–Crippen MR) is 67.8 cm³/mol. The molecule has 1 aromatic carbocycles. The first kappa shape index (κ1) is 11.6. The van der Waals surface area contributed by atoms with E-state index >= 15 is 0 Å². The summed E-state index contributed by atoms with van der Waals surface area (Å²) in [6.45, 7) is 0. The van der Waals surface area contributed by atoms with E-state index in [1.165, 1.54) is 12.3 Å². The quantitative estimate of drug-likeness (QED) is 0.780. The summed E-state index contributed by atoms with van der Waals surface area (Å²) in [5, 5.41) is 11.6. The number of carbonyl (C=O) groups excluding carboxylic acids is 1. The van der Waals surface area contributed by atoms with Gasteiger partial charge in [0.1, 0.15) is 11.8 Å². The molecular formula is C13H10N4O. The van der Waals surface area contributed by atoms with Crippen LogP contribution < -0.4 is 11.1 Å². The Morgan fingerprint density at radius 1 is 1.33 bits per heavy atom. The van der Waals surface area contributed by atoms with E-state index in [1.807, 2.05) is 6.07 Å². The Bertz CT molecular complexity index is 617. The number of carbonyl (C=O) groups is 1. The molecule has 0 saturated carbocycles. The Labute approximate surface area is 104 Å². The SMILES string of the molecule is N#Cc1cc(N)ccc1NC(=O)c1ccccn1. The minimum absolute atomic E-state index is 0.290. The van der Waals surface area contributed by atoms with Crippen molar-refractivity contribution in [3.8, 4) is 6.07 Å². The molecule has 88 valence electrons. The van der Waals surface area contributed by atoms with E-state index in [-0.39, 0.29) is 5.91 Å². The van der Waals surface area contributed by atoms with Crippen LogP contribution >= 0.6 is 0 Å². The normalized spacial score (nSPS) is 9.50. The molecule has 0 aliphatic carbocycles. The Balaban J connectivity index is 2.25. The Morgan fingerprint density at radius 3 is 2.83 bits per heavy atom. The maximum absolute atomic E-state index is 11.9. The molecule has 0 atom stereocenters. The second-order valence-electron chi connectivity index (χ2n) is 3.59. The molecule has 5 nitrogen and oxygen atoms in total. The van der Waals surface area contributed by atoms with Crippen LogP contribution in [0.4, 0.5) is 11.4 Å². The molecule has 0 unspecified atom stereocenters. The van der Waals surface area contributed by atoms with Crippen molar-refractivity contribution in [2.45, 2.75) is 0 Å². The van der Waals surface area contributed by atoms with Crippen LogP contribution in [-0.2, 0) is 0 Å². The third kappa shape index (κ3) is 2.44. The number of benzene rings is 1. The lowest BCUT2D eigenvalue weighted by atomic mass is 10.1. The number of aromatic nitrogens is 1.